The Balaban J connectivity index is 0.000000375. The van der Waals surface area contributed by atoms with Crippen LogP contribution in [0.5, 0.6) is 0 Å². The van der Waals surface area contributed by atoms with Crippen LogP contribution in [0, 0.1) is 13.8 Å². The van der Waals surface area contributed by atoms with Gasteiger partial charge in [0.2, 0.25) is 20.0 Å². The van der Waals surface area contributed by atoms with Gasteiger partial charge in [0, 0.05) is 72.4 Å². The standard InChI is InChI=1S/C24H34ClFN4O5S.C23H32ClFN4O5S/c1-16-19(12-17-8-9-22(20(25)13-17)36(32,33)29(5)6)21(15-34-7)30(28-16)14-18(26)10-11-27-23(31)35-24(2,3)4;1-15-18(11-16-7-8-21(19(24)12-16)35(32,33)28(5)6)20(14-30)29(27-15)13-17(25)9-10-26-22(31)34-23(2,3)4/h8-10,13H,11-12,14-15H2,1-7H3,(H,27,31);7-9,12,30H,10-11,13-14H2,1-6H3,(H,26,31)/b18-10-;17-9-. The van der Waals surface area contributed by atoms with Gasteiger partial charge >= 0.3 is 12.2 Å². The summed E-state index contributed by atoms with van der Waals surface area (Å²) in [5, 5.41) is 23.9. The van der Waals surface area contributed by atoms with Crippen molar-refractivity contribution >= 4 is 55.4 Å². The first-order valence-electron chi connectivity index (χ1n) is 22.1. The number of rotatable bonds is 19. The molecule has 71 heavy (non-hydrogen) atoms. The number of amides is 2. The number of hydrogen-bond donors (Lipinski definition) is 3. The fraction of sp³-hybridized carbons (Fsp3) is 0.489. The number of alkyl carbamates (subject to hydrolysis) is 2. The van der Waals surface area contributed by atoms with E-state index in [0.717, 1.165) is 19.7 Å². The van der Waals surface area contributed by atoms with Gasteiger partial charge in [0.1, 0.15) is 32.6 Å². The van der Waals surface area contributed by atoms with E-state index in [1.54, 1.807) is 72.7 Å². The van der Waals surface area contributed by atoms with Crippen LogP contribution in [0.25, 0.3) is 0 Å². The second kappa shape index (κ2) is 25.6. The lowest BCUT2D eigenvalue weighted by Gasteiger charge is -2.19. The molecule has 18 nitrogen and oxygen atoms in total. The van der Waals surface area contributed by atoms with Crippen molar-refractivity contribution in [1.82, 2.24) is 38.8 Å². The molecule has 2 amide bonds. The molecule has 2 aromatic carbocycles. The number of aliphatic hydroxyl groups is 1. The predicted octanol–water partition coefficient (Wildman–Crippen LogP) is 7.77. The molecule has 394 valence electrons. The highest BCUT2D eigenvalue weighted by Crippen LogP contribution is 2.29. The molecule has 0 saturated heterocycles. The fourth-order valence-corrected chi connectivity index (χ4v) is 9.46. The van der Waals surface area contributed by atoms with Gasteiger partial charge in [0.05, 0.1) is 59.1 Å². The van der Waals surface area contributed by atoms with Crippen LogP contribution in [0.4, 0.5) is 18.4 Å². The number of aliphatic hydroxyl groups excluding tert-OH is 1. The number of allylic oxidation sites excluding steroid dienone is 2. The van der Waals surface area contributed by atoms with Gasteiger partial charge in [-0.3, -0.25) is 9.36 Å². The number of nitrogens with zero attached hydrogens (tertiary/aromatic N) is 6. The summed E-state index contributed by atoms with van der Waals surface area (Å²) in [5.41, 5.74) is 4.08. The molecule has 0 aliphatic rings. The van der Waals surface area contributed by atoms with Crippen molar-refractivity contribution in [1.29, 1.82) is 0 Å². The Morgan fingerprint density at radius 2 is 1.07 bits per heavy atom. The molecule has 2 aromatic heterocycles. The van der Waals surface area contributed by atoms with Crippen LogP contribution in [0.2, 0.25) is 10.0 Å². The number of carbonyl (C=O) groups is 2. The van der Waals surface area contributed by atoms with Gasteiger partial charge in [-0.25, -0.2) is 43.8 Å². The lowest BCUT2D eigenvalue weighted by Crippen LogP contribution is -2.32. The number of nitrogens with one attached hydrogen (secondary N) is 2. The van der Waals surface area contributed by atoms with Gasteiger partial charge in [-0.05, 0) is 103 Å². The number of benzene rings is 2. The Kier molecular flexibility index (Phi) is 21.8. The van der Waals surface area contributed by atoms with Gasteiger partial charge in [0.15, 0.2) is 0 Å². The topological polar surface area (TPSA) is 217 Å². The minimum Gasteiger partial charge on any atom is -0.444 e. The second-order valence-corrected chi connectivity index (χ2v) is 23.5. The molecule has 0 spiro atoms. The molecule has 0 unspecified atom stereocenters. The third kappa shape index (κ3) is 17.9. The minimum atomic E-state index is -3.69. The first-order valence-corrected chi connectivity index (χ1v) is 25.7. The lowest BCUT2D eigenvalue weighted by molar-refractivity contribution is 0.0522. The molecule has 0 saturated carbocycles. The summed E-state index contributed by atoms with van der Waals surface area (Å²) in [7, 11) is -0.0996. The predicted molar refractivity (Wildman–Crippen MR) is 268 cm³/mol. The van der Waals surface area contributed by atoms with Crippen LogP contribution in [-0.4, -0.2) is 122 Å². The summed E-state index contributed by atoms with van der Waals surface area (Å²) >= 11 is 12.5. The summed E-state index contributed by atoms with van der Waals surface area (Å²) < 4.78 is 99.4. The van der Waals surface area contributed by atoms with Crippen LogP contribution < -0.4 is 10.6 Å². The van der Waals surface area contributed by atoms with Crippen LogP contribution in [0.15, 0.2) is 70.0 Å². The van der Waals surface area contributed by atoms with Gasteiger partial charge in [-0.15, -0.1) is 0 Å². The largest absolute Gasteiger partial charge is 0.444 e. The maximum atomic E-state index is 14.6. The molecule has 0 fully saturated rings. The van der Waals surface area contributed by atoms with Crippen LogP contribution in [0.1, 0.15) is 86.6 Å². The van der Waals surface area contributed by atoms with E-state index in [2.05, 4.69) is 20.8 Å². The van der Waals surface area contributed by atoms with E-state index in [0.29, 0.717) is 46.7 Å². The Hall–Kier alpha value is -4.94. The van der Waals surface area contributed by atoms with E-state index in [4.69, 9.17) is 37.4 Å². The van der Waals surface area contributed by atoms with E-state index in [-0.39, 0.29) is 59.2 Å². The Morgan fingerprint density at radius 3 is 1.39 bits per heavy atom. The maximum Gasteiger partial charge on any atom is 0.407 e. The van der Waals surface area contributed by atoms with E-state index in [1.165, 1.54) is 68.9 Å². The molecule has 0 radical (unpaired) electrons. The van der Waals surface area contributed by atoms with E-state index in [9.17, 15) is 40.3 Å². The summed E-state index contributed by atoms with van der Waals surface area (Å²) in [6, 6.07) is 9.41. The number of halogens is 4. The number of sulfonamides is 2. The highest BCUT2D eigenvalue weighted by Gasteiger charge is 2.25. The third-order valence-electron chi connectivity index (χ3n) is 9.98. The molecule has 4 aromatic rings. The van der Waals surface area contributed by atoms with Crippen molar-refractivity contribution < 1.29 is 54.5 Å². The lowest BCUT2D eigenvalue weighted by atomic mass is 10.0. The zero-order valence-electron chi connectivity index (χ0n) is 42.4. The monoisotopic (exact) mass is 1070 g/mol. The summed E-state index contributed by atoms with van der Waals surface area (Å²) in [5.74, 6) is -1.04. The fourth-order valence-electron chi connectivity index (χ4n) is 6.59. The smallest absolute Gasteiger partial charge is 0.407 e. The molecule has 2 heterocycles. The van der Waals surface area contributed by atoms with Crippen molar-refractivity contribution in [3.05, 3.63) is 115 Å². The quantitative estimate of drug-likeness (QED) is 0.0821. The molecule has 0 atom stereocenters. The molecular formula is C47H66Cl2F2N8O10S2. The highest BCUT2D eigenvalue weighted by molar-refractivity contribution is 7.89. The number of hydrogen-bond acceptors (Lipinski definition) is 12. The van der Waals surface area contributed by atoms with E-state index < -0.39 is 55.1 Å². The summed E-state index contributed by atoms with van der Waals surface area (Å²) in [4.78, 5) is 23.4. The zero-order chi connectivity index (χ0) is 53.8. The number of aromatic nitrogens is 4. The first kappa shape index (κ1) is 60.4. The van der Waals surface area contributed by atoms with Crippen LogP contribution in [0.3, 0.4) is 0 Å². The van der Waals surface area contributed by atoms with Gasteiger partial charge < -0.3 is 30.0 Å². The number of methoxy groups -OCH3 is 1. The van der Waals surface area contributed by atoms with Crippen molar-refractivity contribution in [3.8, 4) is 0 Å². The van der Waals surface area contributed by atoms with Crippen molar-refractivity contribution in [2.24, 2.45) is 0 Å². The first-order chi connectivity index (χ1) is 32.8. The highest BCUT2D eigenvalue weighted by atomic mass is 35.5. The third-order valence-corrected chi connectivity index (χ3v) is 14.6. The number of carbonyl (C=O) groups excluding carboxylic acids is 2. The molecule has 0 aliphatic heterocycles. The molecular weight excluding hydrogens is 1010 g/mol. The number of ether oxygens (including phenoxy) is 3. The second-order valence-electron chi connectivity index (χ2n) is 18.5. The summed E-state index contributed by atoms with van der Waals surface area (Å²) in [6.07, 6.45) is 1.88. The van der Waals surface area contributed by atoms with Gasteiger partial charge in [-0.2, -0.15) is 10.2 Å². The molecule has 3 N–H and O–H groups in total. The van der Waals surface area contributed by atoms with Crippen molar-refractivity contribution in [2.75, 3.05) is 48.4 Å². The summed E-state index contributed by atoms with van der Waals surface area (Å²) in [6.45, 7) is 13.3. The molecule has 0 bridgehead atoms. The van der Waals surface area contributed by atoms with E-state index in [1.807, 2.05) is 6.92 Å². The Labute approximate surface area is 426 Å². The van der Waals surface area contributed by atoms with Crippen LogP contribution in [-0.2, 0) is 73.4 Å². The zero-order valence-corrected chi connectivity index (χ0v) is 45.6. The average molecular weight is 1080 g/mol. The normalized spacial score (nSPS) is 12.8. The SMILES string of the molecule is COCc1c(Cc2ccc(S(=O)(=O)N(C)C)c(Cl)c2)c(C)nn1C/C(F)=C/CNC(=O)OC(C)(C)C.Cc1nn(C/C(F)=C/CNC(=O)OC(C)(C)C)c(CO)c1Cc1ccc(S(=O)(=O)N(C)C)c(Cl)c1. The van der Waals surface area contributed by atoms with Crippen molar-refractivity contribution in [2.45, 2.75) is 116 Å². The Bertz CT molecular complexity index is 2800. The van der Waals surface area contributed by atoms with Gasteiger partial charge in [0.25, 0.3) is 0 Å². The van der Waals surface area contributed by atoms with Crippen LogP contribution >= 0.6 is 23.2 Å². The average Bonchev–Trinajstić information content (AvgIpc) is 3.67. The number of aryl methyl sites for hydroxylation is 2. The molecule has 24 heteroatoms. The van der Waals surface area contributed by atoms with Crippen molar-refractivity contribution in [3.63, 3.8) is 0 Å². The Morgan fingerprint density at radius 1 is 0.704 bits per heavy atom. The molecule has 0 aliphatic carbocycles. The maximum absolute atomic E-state index is 14.6. The van der Waals surface area contributed by atoms with E-state index >= 15 is 0 Å². The molecule has 4 rings (SSSR count). The minimum absolute atomic E-state index is 0.00471. The van der Waals surface area contributed by atoms with Gasteiger partial charge in [-0.1, -0.05) is 35.3 Å².